The fourth-order valence-electron chi connectivity index (χ4n) is 3.16. The number of hydrogen-bond donors (Lipinski definition) is 3. The Morgan fingerprint density at radius 1 is 1.21 bits per heavy atom. The van der Waals surface area contributed by atoms with Gasteiger partial charge in [-0.05, 0) is 38.0 Å². The van der Waals surface area contributed by atoms with Gasteiger partial charge in [0.05, 0.1) is 15.9 Å². The number of hydrogen-bond acceptors (Lipinski definition) is 5. The molecule has 0 unspecified atom stereocenters. The summed E-state index contributed by atoms with van der Waals surface area (Å²) in [6.45, 7) is 6.75. The van der Waals surface area contributed by atoms with Crippen molar-refractivity contribution in [1.29, 1.82) is 0 Å². The van der Waals surface area contributed by atoms with E-state index in [4.69, 9.17) is 16.5 Å². The van der Waals surface area contributed by atoms with Gasteiger partial charge in [0.25, 0.3) is 0 Å². The van der Waals surface area contributed by atoms with Gasteiger partial charge in [0.15, 0.2) is 4.80 Å². The molecule has 0 saturated heterocycles. The van der Waals surface area contributed by atoms with Crippen LogP contribution in [0.15, 0.2) is 33.4 Å². The summed E-state index contributed by atoms with van der Waals surface area (Å²) in [5.74, 6) is 0.216. The molecule has 8 heteroatoms. The highest BCUT2D eigenvalue weighted by atomic mass is 32.1. The highest BCUT2D eigenvalue weighted by Crippen LogP contribution is 2.38. The Morgan fingerprint density at radius 3 is 2.64 bits per heavy atom. The van der Waals surface area contributed by atoms with Crippen molar-refractivity contribution in [2.45, 2.75) is 33.6 Å². The van der Waals surface area contributed by atoms with Gasteiger partial charge < -0.3 is 21.1 Å². The number of benzene rings is 2. The van der Waals surface area contributed by atoms with Crippen LogP contribution in [-0.4, -0.2) is 27.9 Å². The number of aromatic hydroxyl groups is 1. The van der Waals surface area contributed by atoms with E-state index in [1.165, 1.54) is 0 Å². The first-order chi connectivity index (χ1) is 13.3. The predicted octanol–water partition coefficient (Wildman–Crippen LogP) is 3.11. The van der Waals surface area contributed by atoms with Crippen LogP contribution in [0, 0.1) is 6.92 Å². The topological polar surface area (TPSA) is 114 Å². The van der Waals surface area contributed by atoms with Crippen LogP contribution in [0.2, 0.25) is 0 Å². The van der Waals surface area contributed by atoms with E-state index in [1.54, 1.807) is 11.3 Å². The summed E-state index contributed by atoms with van der Waals surface area (Å²) in [6, 6.07) is 5.83. The zero-order chi connectivity index (χ0) is 20.4. The van der Waals surface area contributed by atoms with Gasteiger partial charge in [0, 0.05) is 29.9 Å². The first-order valence-corrected chi connectivity index (χ1v) is 10.1. The molecule has 1 heterocycles. The fourth-order valence-corrected chi connectivity index (χ4v) is 4.32. The first-order valence-electron chi connectivity index (χ1n) is 9.24. The third-order valence-electron chi connectivity index (χ3n) is 4.75. The zero-order valence-electron chi connectivity index (χ0n) is 16.7. The molecule has 7 nitrogen and oxygen atoms in total. The highest BCUT2D eigenvalue weighted by molar-refractivity contribution is 7.16. The van der Waals surface area contributed by atoms with E-state index < -0.39 is 0 Å². The average Bonchev–Trinajstić information content (AvgIpc) is 3.00. The molecule has 2 aromatic carbocycles. The van der Waals surface area contributed by atoms with Crippen molar-refractivity contribution in [2.24, 2.45) is 33.7 Å². The van der Waals surface area contributed by atoms with Crippen LogP contribution >= 0.6 is 11.3 Å². The monoisotopic (exact) mass is 398 g/mol. The molecule has 28 heavy (non-hydrogen) atoms. The minimum absolute atomic E-state index is 0.0848. The molecule has 0 bridgehead atoms. The van der Waals surface area contributed by atoms with Gasteiger partial charge in [-0.25, -0.2) is 0 Å². The van der Waals surface area contributed by atoms with E-state index in [0.717, 1.165) is 56.3 Å². The van der Waals surface area contributed by atoms with Crippen LogP contribution in [-0.2, 0) is 7.05 Å². The van der Waals surface area contributed by atoms with Gasteiger partial charge in [-0.3, -0.25) is 4.99 Å². The molecule has 0 radical (unpaired) electrons. The van der Waals surface area contributed by atoms with Crippen molar-refractivity contribution in [3.05, 3.63) is 34.1 Å². The Bertz CT molecular complexity index is 1170. The molecule has 3 rings (SSSR count). The van der Waals surface area contributed by atoms with E-state index in [9.17, 15) is 5.11 Å². The van der Waals surface area contributed by atoms with Crippen LogP contribution in [0.3, 0.4) is 0 Å². The lowest BCUT2D eigenvalue weighted by atomic mass is 10.0. The van der Waals surface area contributed by atoms with Gasteiger partial charge in [-0.15, -0.1) is 5.10 Å². The Hall–Kier alpha value is -2.87. The molecule has 0 aliphatic rings. The summed E-state index contributed by atoms with van der Waals surface area (Å²) in [7, 11) is 2.02. The molecule has 0 amide bonds. The number of fused-ring (bicyclic) bond motifs is 3. The molecule has 0 saturated carbocycles. The van der Waals surface area contributed by atoms with E-state index in [2.05, 4.69) is 21.7 Å². The number of phenols is 1. The number of nitrogens with two attached hydrogens (primary N) is 2. The first kappa shape index (κ1) is 19.9. The third kappa shape index (κ3) is 3.60. The molecule has 0 atom stereocenters. The van der Waals surface area contributed by atoms with Gasteiger partial charge in [-0.1, -0.05) is 30.7 Å². The van der Waals surface area contributed by atoms with Crippen LogP contribution in [0.25, 0.3) is 21.0 Å². The second-order valence-corrected chi connectivity index (χ2v) is 7.78. The van der Waals surface area contributed by atoms with E-state index in [-0.39, 0.29) is 5.96 Å². The SMILES string of the molecule is CCCCN=c1sc2c(C)c(O)c3ccc(/C(C)=N/N=C(N)N)cc3c2n1C. The molecular weight excluding hydrogens is 372 g/mol. The zero-order valence-corrected chi connectivity index (χ0v) is 17.5. The van der Waals surface area contributed by atoms with Gasteiger partial charge >= 0.3 is 0 Å². The molecule has 0 spiro atoms. The second kappa shape index (κ2) is 8.02. The number of unbranched alkanes of at least 4 members (excludes halogenated alkanes) is 1. The molecule has 0 aliphatic heterocycles. The molecule has 0 fully saturated rings. The summed E-state index contributed by atoms with van der Waals surface area (Å²) in [5.41, 5.74) is 14.2. The molecule has 3 aromatic rings. The summed E-state index contributed by atoms with van der Waals surface area (Å²) in [4.78, 5) is 5.70. The number of guanidine groups is 1. The highest BCUT2D eigenvalue weighted by Gasteiger charge is 2.16. The largest absolute Gasteiger partial charge is 0.507 e. The fraction of sp³-hybridized carbons (Fsp3) is 0.350. The van der Waals surface area contributed by atoms with Crippen molar-refractivity contribution in [3.63, 3.8) is 0 Å². The lowest BCUT2D eigenvalue weighted by molar-refractivity contribution is 0.478. The van der Waals surface area contributed by atoms with Crippen molar-refractivity contribution in [2.75, 3.05) is 6.54 Å². The summed E-state index contributed by atoms with van der Waals surface area (Å²) >= 11 is 1.61. The summed E-state index contributed by atoms with van der Waals surface area (Å²) < 4.78 is 3.15. The lowest BCUT2D eigenvalue weighted by Gasteiger charge is -2.10. The minimum Gasteiger partial charge on any atom is -0.507 e. The van der Waals surface area contributed by atoms with Crippen molar-refractivity contribution >= 4 is 44.0 Å². The normalized spacial score (nSPS) is 12.9. The van der Waals surface area contributed by atoms with E-state index in [1.807, 2.05) is 39.1 Å². The molecule has 148 valence electrons. The summed E-state index contributed by atoms with van der Waals surface area (Å²) in [5, 5.41) is 20.3. The maximum Gasteiger partial charge on any atom is 0.211 e. The molecular formula is C20H26N6OS. The van der Waals surface area contributed by atoms with Gasteiger partial charge in [0.2, 0.25) is 5.96 Å². The second-order valence-electron chi connectivity index (χ2n) is 6.80. The third-order valence-corrected chi connectivity index (χ3v) is 6.04. The number of phenolic OH excluding ortho intramolecular Hbond substituents is 1. The van der Waals surface area contributed by atoms with Gasteiger partial charge in [-0.2, -0.15) is 5.10 Å². The average molecular weight is 399 g/mol. The van der Waals surface area contributed by atoms with Gasteiger partial charge in [0.1, 0.15) is 5.75 Å². The van der Waals surface area contributed by atoms with E-state index >= 15 is 0 Å². The Balaban J connectivity index is 2.31. The Kier molecular flexibility index (Phi) is 5.69. The summed E-state index contributed by atoms with van der Waals surface area (Å²) in [6.07, 6.45) is 2.17. The quantitative estimate of drug-likeness (QED) is 0.265. The number of rotatable bonds is 5. The van der Waals surface area contributed by atoms with E-state index in [0.29, 0.717) is 11.5 Å². The van der Waals surface area contributed by atoms with Crippen molar-refractivity contribution in [3.8, 4) is 5.75 Å². The molecule has 1 aromatic heterocycles. The standard InChI is InChI=1S/C20H26N6OS/c1-5-6-9-23-20-26(4)16-15-10-13(12(3)24-25-19(21)22)7-8-14(15)17(27)11(2)18(16)28-20/h7-8,10,27H,5-6,9H2,1-4H3,(H4,21,22,25)/b23-20?,24-12+. The van der Waals surface area contributed by atoms with Crippen LogP contribution < -0.4 is 16.3 Å². The molecule has 5 N–H and O–H groups in total. The smallest absolute Gasteiger partial charge is 0.211 e. The Morgan fingerprint density at radius 2 is 1.96 bits per heavy atom. The van der Waals surface area contributed by atoms with Crippen molar-refractivity contribution in [1.82, 2.24) is 4.57 Å². The number of aromatic nitrogens is 1. The predicted molar refractivity (Wildman–Crippen MR) is 118 cm³/mol. The van der Waals surface area contributed by atoms with Crippen LogP contribution in [0.1, 0.15) is 37.8 Å². The maximum atomic E-state index is 10.8. The minimum atomic E-state index is -0.0848. The van der Waals surface area contributed by atoms with Crippen LogP contribution in [0.5, 0.6) is 5.75 Å². The Labute approximate surface area is 167 Å². The molecule has 0 aliphatic carbocycles. The lowest BCUT2D eigenvalue weighted by Crippen LogP contribution is -2.22. The maximum absolute atomic E-state index is 10.8. The number of aryl methyl sites for hydroxylation is 2. The van der Waals surface area contributed by atoms with Crippen molar-refractivity contribution < 1.29 is 5.11 Å². The number of thiazole rings is 1. The number of nitrogens with zero attached hydrogens (tertiary/aromatic N) is 4. The van der Waals surface area contributed by atoms with Crippen LogP contribution in [0.4, 0.5) is 0 Å².